The highest BCUT2D eigenvalue weighted by atomic mass is 35.5. The van der Waals surface area contributed by atoms with Crippen LogP contribution in [0.4, 0.5) is 11.4 Å². The van der Waals surface area contributed by atoms with Crippen molar-refractivity contribution in [3.05, 3.63) is 167 Å². The van der Waals surface area contributed by atoms with E-state index in [9.17, 15) is 14.7 Å². The third kappa shape index (κ3) is 12.3. The van der Waals surface area contributed by atoms with Crippen LogP contribution in [0.25, 0.3) is 0 Å². The highest BCUT2D eigenvalue weighted by molar-refractivity contribution is 6.35. The lowest BCUT2D eigenvalue weighted by Crippen LogP contribution is -2.48. The molecule has 0 spiro atoms. The van der Waals surface area contributed by atoms with Gasteiger partial charge in [-0.05, 0) is 116 Å². The molecule has 3 heterocycles. The van der Waals surface area contributed by atoms with Crippen molar-refractivity contribution in [1.29, 1.82) is 0 Å². The first-order valence-electron chi connectivity index (χ1n) is 21.6. The maximum Gasteiger partial charge on any atom is 0.253 e. The zero-order valence-corrected chi connectivity index (χ0v) is 38.0. The van der Waals surface area contributed by atoms with Crippen LogP contribution in [0.2, 0.25) is 10.0 Å². The molecule has 0 aromatic heterocycles. The Morgan fingerprint density at radius 2 is 1.11 bits per heavy atom. The fraction of sp³-hybridized carbons (Fsp3) is 0.294. The summed E-state index contributed by atoms with van der Waals surface area (Å²) in [6, 6.07) is 34.9. The van der Waals surface area contributed by atoms with E-state index in [2.05, 4.69) is 23.0 Å². The van der Waals surface area contributed by atoms with Crippen molar-refractivity contribution in [2.24, 2.45) is 0 Å². The second-order valence-corrected chi connectivity index (χ2v) is 16.6. The molecule has 2 amide bonds. The Kier molecular flexibility index (Phi) is 15.9. The van der Waals surface area contributed by atoms with Crippen LogP contribution in [0.5, 0.6) is 23.0 Å². The van der Waals surface area contributed by atoms with Crippen LogP contribution in [0.3, 0.4) is 0 Å². The summed E-state index contributed by atoms with van der Waals surface area (Å²) in [5, 5.41) is 10.4. The van der Waals surface area contributed by atoms with Gasteiger partial charge in [-0.3, -0.25) is 9.59 Å². The number of hydrogen-bond donors (Lipinski definition) is 1. The monoisotopic (exact) mass is 920 g/mol. The van der Waals surface area contributed by atoms with Crippen LogP contribution in [-0.2, 0) is 15.3 Å². The minimum atomic E-state index is -0.952. The van der Waals surface area contributed by atoms with Crippen molar-refractivity contribution in [3.63, 3.8) is 0 Å². The maximum absolute atomic E-state index is 12.9. The van der Waals surface area contributed by atoms with Gasteiger partial charge in [0.25, 0.3) is 11.8 Å². The highest BCUT2D eigenvalue weighted by Crippen LogP contribution is 2.39. The second kappa shape index (κ2) is 22.1. The quantitative estimate of drug-likeness (QED) is 0.108. The molecular formula is C51H54Cl2N4O8. The Bertz CT molecular complexity index is 2370. The molecule has 3 aliphatic heterocycles. The summed E-state index contributed by atoms with van der Waals surface area (Å²) in [7, 11) is 0. The zero-order valence-electron chi connectivity index (χ0n) is 36.5. The number of carbonyl (C=O) groups is 2. The van der Waals surface area contributed by atoms with Crippen molar-refractivity contribution in [2.45, 2.75) is 18.8 Å². The van der Waals surface area contributed by atoms with Gasteiger partial charge in [0.2, 0.25) is 0 Å². The average Bonchev–Trinajstić information content (AvgIpc) is 3.73. The van der Waals surface area contributed by atoms with E-state index in [1.165, 1.54) is 0 Å². The normalized spacial score (nSPS) is 18.3. The fourth-order valence-electron chi connectivity index (χ4n) is 7.72. The lowest BCUT2D eigenvalue weighted by atomic mass is 10.1. The first kappa shape index (κ1) is 46.8. The van der Waals surface area contributed by atoms with Crippen molar-refractivity contribution in [1.82, 2.24) is 9.80 Å². The summed E-state index contributed by atoms with van der Waals surface area (Å²) in [5.74, 6) is 1.59. The summed E-state index contributed by atoms with van der Waals surface area (Å²) < 4.78 is 29.0. The van der Waals surface area contributed by atoms with Gasteiger partial charge < -0.3 is 48.4 Å². The molecule has 0 unspecified atom stereocenters. The van der Waals surface area contributed by atoms with Gasteiger partial charge in [-0.1, -0.05) is 54.6 Å². The maximum atomic E-state index is 12.9. The molecule has 5 aromatic rings. The lowest BCUT2D eigenvalue weighted by Gasteiger charge is -2.36. The molecule has 0 radical (unpaired) electrons. The van der Waals surface area contributed by atoms with Gasteiger partial charge in [0.15, 0.2) is 5.79 Å². The van der Waals surface area contributed by atoms with Gasteiger partial charge >= 0.3 is 0 Å². The van der Waals surface area contributed by atoms with E-state index in [1.54, 1.807) is 48.6 Å². The number of phenolic OH excluding ortho intramolecular Hbond substituents is 1. The lowest BCUT2D eigenvalue weighted by molar-refractivity contribution is -0.164. The molecule has 0 bridgehead atoms. The highest BCUT2D eigenvalue weighted by Gasteiger charge is 2.40. The molecule has 14 heteroatoms. The van der Waals surface area contributed by atoms with Crippen LogP contribution in [0.1, 0.15) is 33.2 Å². The number of carbonyl (C=O) groups excluding carboxylic acids is 2. The van der Waals surface area contributed by atoms with E-state index in [-0.39, 0.29) is 23.7 Å². The summed E-state index contributed by atoms with van der Waals surface area (Å²) >= 11 is 12.4. The molecule has 3 aliphatic rings. The number of amides is 2. The molecule has 340 valence electrons. The van der Waals surface area contributed by atoms with Gasteiger partial charge in [0, 0.05) is 85.4 Å². The first-order chi connectivity index (χ1) is 31.5. The second-order valence-electron chi connectivity index (χ2n) is 15.7. The van der Waals surface area contributed by atoms with Crippen molar-refractivity contribution >= 4 is 46.4 Å². The molecule has 3 fully saturated rings. The smallest absolute Gasteiger partial charge is 0.253 e. The number of halogens is 2. The van der Waals surface area contributed by atoms with E-state index < -0.39 is 5.79 Å². The Morgan fingerprint density at radius 1 is 0.662 bits per heavy atom. The van der Waals surface area contributed by atoms with Crippen molar-refractivity contribution in [2.75, 3.05) is 88.6 Å². The van der Waals surface area contributed by atoms with Gasteiger partial charge in [0.05, 0.1) is 11.6 Å². The summed E-state index contributed by atoms with van der Waals surface area (Å²) in [6.45, 7) is 16.5. The molecule has 2 atom stereocenters. The van der Waals surface area contributed by atoms with Gasteiger partial charge in [-0.25, -0.2) is 0 Å². The predicted molar refractivity (Wildman–Crippen MR) is 255 cm³/mol. The Morgan fingerprint density at radius 3 is 1.57 bits per heavy atom. The molecule has 65 heavy (non-hydrogen) atoms. The van der Waals surface area contributed by atoms with Crippen LogP contribution >= 0.6 is 23.2 Å². The predicted octanol–water partition coefficient (Wildman–Crippen LogP) is 9.11. The first-order valence-corrected chi connectivity index (χ1v) is 22.3. The number of hydrogen-bond acceptors (Lipinski definition) is 10. The largest absolute Gasteiger partial charge is 0.508 e. The van der Waals surface area contributed by atoms with Gasteiger partial charge in [-0.2, -0.15) is 0 Å². The Labute approximate surface area is 390 Å². The standard InChI is InChI=1S/C31H32Cl2N2O5.C20H22N2O3/c1-3-18-37-25-9-4-22(5-10-25)30(36)35-16-14-34(15-17-35)24-7-11-26(12-8-24)38-20-27-21-39-31(2,40-27)28-13-6-23(32)19-29(28)33;1-2-15-25-19-9-3-16(4-10-19)20(24)22-13-11-21(12-14-22)17-5-7-18(23)8-6-17/h3-13,19,27H,1,14-18,20-21H2,2H3;2-10,23H,1,11-15H2/t27-,31+;/m1./s1. The van der Waals surface area contributed by atoms with Crippen LogP contribution in [0, 0.1) is 0 Å². The van der Waals surface area contributed by atoms with E-state index in [0.29, 0.717) is 73.8 Å². The third-order valence-corrected chi connectivity index (χ3v) is 11.8. The number of aromatic hydroxyl groups is 1. The number of nitrogens with zero attached hydrogens (tertiary/aromatic N) is 4. The SMILES string of the molecule is C=CCOc1ccc(C(=O)N2CCN(c3ccc(O)cc3)CC2)cc1.C=CCOc1ccc(C(=O)N2CCN(c3ccc(OC[C@@H]4CO[C@](C)(c5ccc(Cl)cc5Cl)O4)cc3)CC2)cc1. The van der Waals surface area contributed by atoms with Crippen molar-refractivity contribution < 1.29 is 38.4 Å². The van der Waals surface area contributed by atoms with Crippen LogP contribution < -0.4 is 24.0 Å². The minimum absolute atomic E-state index is 0.0335. The molecule has 0 aliphatic carbocycles. The van der Waals surface area contributed by atoms with Gasteiger partial charge in [-0.15, -0.1) is 0 Å². The zero-order chi connectivity index (χ0) is 45.8. The molecule has 8 rings (SSSR count). The van der Waals surface area contributed by atoms with Crippen LogP contribution in [0.15, 0.2) is 141 Å². The fourth-order valence-corrected chi connectivity index (χ4v) is 8.30. The molecule has 12 nitrogen and oxygen atoms in total. The van der Waals surface area contributed by atoms with E-state index in [4.69, 9.17) is 46.9 Å². The van der Waals surface area contributed by atoms with E-state index >= 15 is 0 Å². The third-order valence-electron chi connectivity index (χ3n) is 11.3. The summed E-state index contributed by atoms with van der Waals surface area (Å²) in [6.07, 6.45) is 3.14. The molecule has 5 aromatic carbocycles. The topological polar surface area (TPSA) is 113 Å². The van der Waals surface area contributed by atoms with Gasteiger partial charge in [0.1, 0.15) is 48.9 Å². The number of benzene rings is 5. The molecule has 1 N–H and O–H groups in total. The van der Waals surface area contributed by atoms with Crippen molar-refractivity contribution in [3.8, 4) is 23.0 Å². The number of piperazine rings is 2. The molecule has 0 saturated carbocycles. The molecule has 3 saturated heterocycles. The Hall–Kier alpha value is -6.18. The number of rotatable bonds is 14. The summed E-state index contributed by atoms with van der Waals surface area (Å²) in [4.78, 5) is 33.8. The van der Waals surface area contributed by atoms with E-state index in [1.807, 2.05) is 95.6 Å². The van der Waals surface area contributed by atoms with Crippen LogP contribution in [-0.4, -0.2) is 112 Å². The summed E-state index contributed by atoms with van der Waals surface area (Å²) in [5.41, 5.74) is 4.22. The number of anilines is 2. The minimum Gasteiger partial charge on any atom is -0.508 e. The van der Waals surface area contributed by atoms with E-state index in [0.717, 1.165) is 60.4 Å². The number of phenols is 1. The molecular weight excluding hydrogens is 867 g/mol. The Balaban J connectivity index is 0.000000216. The average molecular weight is 922 g/mol. The number of ether oxygens (including phenoxy) is 5.